The minimum absolute atomic E-state index is 0.00546. The number of pyridine rings is 1. The molecule has 2 amide bonds. The molecule has 2 heterocycles. The van der Waals surface area contributed by atoms with Gasteiger partial charge in [0.05, 0.1) is 11.0 Å². The SMILES string of the molecule is CC(C)(C)OC(=O)N1CCCC1c1cc([N+](=O)[O-])c(NC(=O)c2ccccn2)cc1F. The van der Waals surface area contributed by atoms with Gasteiger partial charge < -0.3 is 15.0 Å². The third-order valence-electron chi connectivity index (χ3n) is 4.70. The second-order valence-corrected chi connectivity index (χ2v) is 8.15. The number of nitrogens with zero attached hydrogens (tertiary/aromatic N) is 3. The molecular weight excluding hydrogens is 407 g/mol. The van der Waals surface area contributed by atoms with Crippen LogP contribution in [0.2, 0.25) is 0 Å². The van der Waals surface area contributed by atoms with Crippen LogP contribution in [-0.4, -0.2) is 39.0 Å². The highest BCUT2D eigenvalue weighted by Crippen LogP contribution is 2.38. The second kappa shape index (κ2) is 8.66. The van der Waals surface area contributed by atoms with Crippen molar-refractivity contribution in [1.82, 2.24) is 9.88 Å². The Morgan fingerprint density at radius 3 is 2.68 bits per heavy atom. The van der Waals surface area contributed by atoms with Crippen molar-refractivity contribution in [2.75, 3.05) is 11.9 Å². The number of anilines is 1. The number of likely N-dealkylation sites (tertiary alicyclic amines) is 1. The Hall–Kier alpha value is -3.56. The minimum Gasteiger partial charge on any atom is -0.444 e. The third kappa shape index (κ3) is 5.14. The Bertz CT molecular complexity index is 1010. The number of hydrogen-bond acceptors (Lipinski definition) is 6. The molecule has 0 spiro atoms. The van der Waals surface area contributed by atoms with Crippen molar-refractivity contribution >= 4 is 23.4 Å². The van der Waals surface area contributed by atoms with E-state index in [1.807, 2.05) is 0 Å². The van der Waals surface area contributed by atoms with Gasteiger partial charge in [0.15, 0.2) is 0 Å². The molecule has 0 saturated carbocycles. The summed E-state index contributed by atoms with van der Waals surface area (Å²) < 4.78 is 20.4. The number of nitrogens with one attached hydrogen (secondary N) is 1. The molecule has 1 aromatic heterocycles. The zero-order valence-corrected chi connectivity index (χ0v) is 17.4. The van der Waals surface area contributed by atoms with Crippen LogP contribution >= 0.6 is 0 Å². The molecule has 1 N–H and O–H groups in total. The Balaban J connectivity index is 1.92. The Kier molecular flexibility index (Phi) is 6.19. The lowest BCUT2D eigenvalue weighted by molar-refractivity contribution is -0.384. The zero-order valence-electron chi connectivity index (χ0n) is 17.4. The molecule has 0 bridgehead atoms. The number of carbonyl (C=O) groups is 2. The summed E-state index contributed by atoms with van der Waals surface area (Å²) >= 11 is 0. The van der Waals surface area contributed by atoms with Gasteiger partial charge in [-0.15, -0.1) is 0 Å². The molecule has 0 radical (unpaired) electrons. The summed E-state index contributed by atoms with van der Waals surface area (Å²) in [6.07, 6.45) is 1.84. The van der Waals surface area contributed by atoms with Crippen molar-refractivity contribution in [3.8, 4) is 0 Å². The number of benzene rings is 1. The summed E-state index contributed by atoms with van der Waals surface area (Å²) in [7, 11) is 0. The molecule has 31 heavy (non-hydrogen) atoms. The molecule has 1 aromatic carbocycles. The van der Waals surface area contributed by atoms with Gasteiger partial charge in [0, 0.05) is 30.4 Å². The first-order valence-electron chi connectivity index (χ1n) is 9.76. The number of ether oxygens (including phenoxy) is 1. The van der Waals surface area contributed by atoms with Crippen molar-refractivity contribution in [2.45, 2.75) is 45.3 Å². The topological polar surface area (TPSA) is 115 Å². The van der Waals surface area contributed by atoms with E-state index in [1.165, 1.54) is 17.2 Å². The molecule has 9 nitrogen and oxygen atoms in total. The first kappa shape index (κ1) is 22.1. The van der Waals surface area contributed by atoms with E-state index in [9.17, 15) is 19.7 Å². The van der Waals surface area contributed by atoms with Crippen molar-refractivity contribution in [3.63, 3.8) is 0 Å². The average molecular weight is 430 g/mol. The van der Waals surface area contributed by atoms with E-state index < -0.39 is 40.1 Å². The van der Waals surface area contributed by atoms with Gasteiger partial charge in [0.2, 0.25) is 0 Å². The van der Waals surface area contributed by atoms with Gasteiger partial charge in [-0.2, -0.15) is 0 Å². The molecule has 0 aliphatic carbocycles. The van der Waals surface area contributed by atoms with Crippen molar-refractivity contribution in [1.29, 1.82) is 0 Å². The highest BCUT2D eigenvalue weighted by atomic mass is 19.1. The van der Waals surface area contributed by atoms with Crippen LogP contribution in [0.3, 0.4) is 0 Å². The first-order valence-corrected chi connectivity index (χ1v) is 9.76. The van der Waals surface area contributed by atoms with Crippen LogP contribution in [0.4, 0.5) is 20.6 Å². The predicted octanol–water partition coefficient (Wildman–Crippen LogP) is 4.45. The normalized spacial score (nSPS) is 16.1. The summed E-state index contributed by atoms with van der Waals surface area (Å²) in [5.41, 5.74) is -1.45. The van der Waals surface area contributed by atoms with Crippen molar-refractivity contribution < 1.29 is 23.6 Å². The van der Waals surface area contributed by atoms with Crippen LogP contribution in [0.1, 0.15) is 55.7 Å². The van der Waals surface area contributed by atoms with Crippen LogP contribution in [-0.2, 0) is 4.74 Å². The summed E-state index contributed by atoms with van der Waals surface area (Å²) in [5, 5.41) is 14.0. The summed E-state index contributed by atoms with van der Waals surface area (Å²) in [4.78, 5) is 41.0. The number of halogens is 1. The molecule has 1 saturated heterocycles. The van der Waals surface area contributed by atoms with E-state index in [0.29, 0.717) is 19.4 Å². The monoisotopic (exact) mass is 430 g/mol. The van der Waals surface area contributed by atoms with Crippen molar-refractivity contribution in [3.05, 3.63) is 63.7 Å². The van der Waals surface area contributed by atoms with Crippen LogP contribution in [0.15, 0.2) is 36.5 Å². The smallest absolute Gasteiger partial charge is 0.410 e. The maximum Gasteiger partial charge on any atom is 0.410 e. The molecule has 1 aliphatic rings. The first-order chi connectivity index (χ1) is 14.6. The molecule has 3 rings (SSSR count). The Labute approximate surface area is 178 Å². The molecule has 2 aromatic rings. The van der Waals surface area contributed by atoms with Gasteiger partial charge in [0.25, 0.3) is 11.6 Å². The lowest BCUT2D eigenvalue weighted by Crippen LogP contribution is -2.36. The fourth-order valence-electron chi connectivity index (χ4n) is 3.40. The molecule has 1 fully saturated rings. The van der Waals surface area contributed by atoms with Gasteiger partial charge in [-0.1, -0.05) is 6.07 Å². The van der Waals surface area contributed by atoms with Gasteiger partial charge in [-0.05, 0) is 45.7 Å². The van der Waals surface area contributed by atoms with E-state index in [4.69, 9.17) is 4.74 Å². The highest BCUT2D eigenvalue weighted by Gasteiger charge is 2.36. The summed E-state index contributed by atoms with van der Waals surface area (Å²) in [6, 6.07) is 5.91. The third-order valence-corrected chi connectivity index (χ3v) is 4.70. The lowest BCUT2D eigenvalue weighted by Gasteiger charge is -2.29. The quantitative estimate of drug-likeness (QED) is 0.566. The van der Waals surface area contributed by atoms with E-state index in [1.54, 1.807) is 32.9 Å². The van der Waals surface area contributed by atoms with Gasteiger partial charge in [-0.3, -0.25) is 19.9 Å². The number of aromatic nitrogens is 1. The number of hydrogen-bond donors (Lipinski definition) is 1. The molecule has 164 valence electrons. The van der Waals surface area contributed by atoms with Gasteiger partial charge in [-0.25, -0.2) is 9.18 Å². The number of nitro groups is 1. The molecule has 1 aliphatic heterocycles. The molecule has 1 atom stereocenters. The van der Waals surface area contributed by atoms with Gasteiger partial charge >= 0.3 is 6.09 Å². The number of amides is 2. The largest absolute Gasteiger partial charge is 0.444 e. The highest BCUT2D eigenvalue weighted by molar-refractivity contribution is 6.04. The number of nitro benzene ring substituents is 1. The standard InChI is InChI=1S/C21H23FN4O5/c1-21(2,3)31-20(28)25-10-6-8-17(25)13-11-18(26(29)30)16(12-14(13)22)24-19(27)15-7-4-5-9-23-15/h4-5,7,9,11-12,17H,6,8,10H2,1-3H3,(H,24,27). The van der Waals surface area contributed by atoms with E-state index in [2.05, 4.69) is 10.3 Å². The Morgan fingerprint density at radius 1 is 1.32 bits per heavy atom. The maximum atomic E-state index is 15.0. The average Bonchev–Trinajstić information content (AvgIpc) is 3.17. The van der Waals surface area contributed by atoms with E-state index >= 15 is 4.39 Å². The van der Waals surface area contributed by atoms with Crippen LogP contribution < -0.4 is 5.32 Å². The fraction of sp³-hybridized carbons (Fsp3) is 0.381. The van der Waals surface area contributed by atoms with E-state index in [0.717, 1.165) is 12.1 Å². The maximum absolute atomic E-state index is 15.0. The summed E-state index contributed by atoms with van der Waals surface area (Å²) in [6.45, 7) is 5.52. The van der Waals surface area contributed by atoms with Crippen LogP contribution in [0.5, 0.6) is 0 Å². The number of carbonyl (C=O) groups excluding carboxylic acids is 2. The fourth-order valence-corrected chi connectivity index (χ4v) is 3.40. The summed E-state index contributed by atoms with van der Waals surface area (Å²) in [5.74, 6) is -1.46. The predicted molar refractivity (Wildman–Crippen MR) is 110 cm³/mol. The number of rotatable bonds is 4. The Morgan fingerprint density at radius 2 is 2.06 bits per heavy atom. The van der Waals surface area contributed by atoms with E-state index in [-0.39, 0.29) is 16.9 Å². The molecular formula is C21H23FN4O5. The second-order valence-electron chi connectivity index (χ2n) is 8.15. The lowest BCUT2D eigenvalue weighted by atomic mass is 10.0. The van der Waals surface area contributed by atoms with Gasteiger partial charge in [0.1, 0.15) is 22.8 Å². The molecule has 1 unspecified atom stereocenters. The minimum atomic E-state index is -0.762. The zero-order chi connectivity index (χ0) is 22.8. The van der Waals surface area contributed by atoms with Crippen LogP contribution in [0.25, 0.3) is 0 Å². The van der Waals surface area contributed by atoms with Crippen molar-refractivity contribution in [2.24, 2.45) is 0 Å². The molecule has 10 heteroatoms. The van der Waals surface area contributed by atoms with Crippen LogP contribution in [0, 0.1) is 15.9 Å².